The minimum Gasteiger partial charge on any atom is -0.481 e. The molecule has 2 aliphatic carbocycles. The number of hydrogen-bond acceptors (Lipinski definition) is 10. The Morgan fingerprint density at radius 3 is 1.77 bits per heavy atom. The molecule has 40 heavy (non-hydrogen) atoms. The van der Waals surface area contributed by atoms with Gasteiger partial charge in [0.25, 0.3) is 0 Å². The van der Waals surface area contributed by atoms with E-state index >= 15 is 0 Å². The third-order valence-corrected chi connectivity index (χ3v) is 10.8. The number of halogens is 2. The molecule has 0 unspecified atom stereocenters. The summed E-state index contributed by atoms with van der Waals surface area (Å²) in [4.78, 5) is 45.7. The van der Waals surface area contributed by atoms with E-state index in [0.717, 1.165) is 55.0 Å². The Hall–Kier alpha value is -2.48. The molecule has 1 fully saturated rings. The topological polar surface area (TPSA) is 150 Å². The molecule has 10 nitrogen and oxygen atoms in total. The molecule has 1 aliphatic heterocycles. The molecule has 7 rings (SSSR count). The molecule has 1 amide bonds. The molecule has 0 radical (unpaired) electrons. The fraction of sp³-hybridized carbons (Fsp3) is 0.462. The number of aliphatic hydroxyl groups is 2. The fourth-order valence-electron chi connectivity index (χ4n) is 5.77. The number of carboxylic acids is 1. The number of aryl methyl sites for hydroxylation is 2. The molecule has 4 aromatic heterocycles. The van der Waals surface area contributed by atoms with E-state index in [0.29, 0.717) is 29.6 Å². The SMILES string of the molecule is O=C(O)[C@H]1CCc2c(sc3ncnc(Cl)c23)C1.O=C([C@H]1CCc2c(sc3ncnc(Cl)c23)C1)N1C[C@@H](O)[C@H](O)C1. The Morgan fingerprint density at radius 2 is 1.27 bits per heavy atom. The number of hydrogen-bond donors (Lipinski definition) is 3. The van der Waals surface area contributed by atoms with Gasteiger partial charge in [-0.05, 0) is 49.7 Å². The number of amides is 1. The van der Waals surface area contributed by atoms with Gasteiger partial charge in [0.05, 0.1) is 28.9 Å². The van der Waals surface area contributed by atoms with Crippen LogP contribution in [0.25, 0.3) is 20.4 Å². The summed E-state index contributed by atoms with van der Waals surface area (Å²) < 4.78 is 0. The van der Waals surface area contributed by atoms with Crippen LogP contribution in [0.5, 0.6) is 0 Å². The molecule has 4 aromatic rings. The number of carbonyl (C=O) groups excluding carboxylic acids is 1. The quantitative estimate of drug-likeness (QED) is 0.285. The average Bonchev–Trinajstić information content (AvgIpc) is 3.61. The molecule has 0 aromatic carbocycles. The molecular weight excluding hydrogens is 597 g/mol. The highest BCUT2D eigenvalue weighted by atomic mass is 35.5. The number of likely N-dealkylation sites (tertiary alicyclic amines) is 1. The predicted octanol–water partition coefficient (Wildman–Crippen LogP) is 3.55. The number of fused-ring (bicyclic) bond motifs is 6. The van der Waals surface area contributed by atoms with Gasteiger partial charge in [0.15, 0.2) is 0 Å². The zero-order valence-corrected chi connectivity index (χ0v) is 24.2. The summed E-state index contributed by atoms with van der Waals surface area (Å²) >= 11 is 15.4. The van der Waals surface area contributed by atoms with E-state index in [9.17, 15) is 19.8 Å². The van der Waals surface area contributed by atoms with Crippen molar-refractivity contribution >= 4 is 78.2 Å². The number of carboxylic acid groups (broad SMARTS) is 1. The molecule has 0 spiro atoms. The Kier molecular flexibility index (Phi) is 7.66. The molecule has 210 valence electrons. The van der Waals surface area contributed by atoms with Crippen molar-refractivity contribution in [2.45, 2.75) is 50.7 Å². The Morgan fingerprint density at radius 1 is 0.800 bits per heavy atom. The van der Waals surface area contributed by atoms with Crippen molar-refractivity contribution in [2.75, 3.05) is 13.1 Å². The molecule has 4 atom stereocenters. The monoisotopic (exact) mass is 621 g/mol. The van der Waals surface area contributed by atoms with Crippen LogP contribution in [0.4, 0.5) is 0 Å². The summed E-state index contributed by atoms with van der Waals surface area (Å²) in [6, 6.07) is 0. The first-order valence-electron chi connectivity index (χ1n) is 12.9. The van der Waals surface area contributed by atoms with Crippen LogP contribution in [0.15, 0.2) is 12.7 Å². The van der Waals surface area contributed by atoms with Crippen LogP contribution in [0.2, 0.25) is 10.3 Å². The van der Waals surface area contributed by atoms with E-state index in [1.807, 2.05) is 0 Å². The van der Waals surface area contributed by atoms with E-state index in [4.69, 9.17) is 28.3 Å². The average molecular weight is 623 g/mol. The molecule has 0 bridgehead atoms. The van der Waals surface area contributed by atoms with Gasteiger partial charge in [-0.25, -0.2) is 19.9 Å². The maximum atomic E-state index is 12.6. The van der Waals surface area contributed by atoms with Gasteiger partial charge in [0.2, 0.25) is 5.91 Å². The van der Waals surface area contributed by atoms with Gasteiger partial charge < -0.3 is 20.2 Å². The summed E-state index contributed by atoms with van der Waals surface area (Å²) in [5, 5.41) is 31.1. The van der Waals surface area contributed by atoms with Crippen molar-refractivity contribution in [1.82, 2.24) is 24.8 Å². The highest BCUT2D eigenvalue weighted by molar-refractivity contribution is 7.19. The summed E-state index contributed by atoms with van der Waals surface area (Å²) in [7, 11) is 0. The Labute approximate surface area is 246 Å². The smallest absolute Gasteiger partial charge is 0.306 e. The van der Waals surface area contributed by atoms with Gasteiger partial charge in [0.1, 0.15) is 32.6 Å². The lowest BCUT2D eigenvalue weighted by Gasteiger charge is -2.26. The van der Waals surface area contributed by atoms with Crippen molar-refractivity contribution in [3.63, 3.8) is 0 Å². The van der Waals surface area contributed by atoms with Crippen LogP contribution >= 0.6 is 45.9 Å². The van der Waals surface area contributed by atoms with Crippen molar-refractivity contribution in [2.24, 2.45) is 11.8 Å². The third-order valence-electron chi connectivity index (χ3n) is 7.87. The number of thiophene rings is 2. The second-order valence-electron chi connectivity index (χ2n) is 10.3. The lowest BCUT2D eigenvalue weighted by molar-refractivity contribution is -0.142. The van der Waals surface area contributed by atoms with Crippen LogP contribution < -0.4 is 0 Å². The number of aliphatic carboxylic acids is 1. The highest BCUT2D eigenvalue weighted by Crippen LogP contribution is 2.41. The predicted molar refractivity (Wildman–Crippen MR) is 152 cm³/mol. The number of β-amino-alcohol motifs (C(OH)–C–C–N with tert-alkyl or cyclic N) is 2. The zero-order chi connectivity index (χ0) is 28.1. The van der Waals surface area contributed by atoms with E-state index in [-0.39, 0.29) is 30.8 Å². The van der Waals surface area contributed by atoms with Crippen LogP contribution in [-0.2, 0) is 35.3 Å². The lowest BCUT2D eigenvalue weighted by Crippen LogP contribution is -2.37. The van der Waals surface area contributed by atoms with Crippen LogP contribution in [0, 0.1) is 11.8 Å². The fourth-order valence-corrected chi connectivity index (χ4v) is 8.91. The van der Waals surface area contributed by atoms with Crippen molar-refractivity contribution in [3.8, 4) is 0 Å². The first-order valence-corrected chi connectivity index (χ1v) is 15.3. The van der Waals surface area contributed by atoms with E-state index in [1.54, 1.807) is 16.2 Å². The maximum Gasteiger partial charge on any atom is 0.306 e. The Balaban J connectivity index is 0.000000151. The first kappa shape index (κ1) is 27.7. The van der Waals surface area contributed by atoms with Gasteiger partial charge in [-0.1, -0.05) is 23.2 Å². The van der Waals surface area contributed by atoms with Crippen LogP contribution in [-0.4, -0.2) is 77.3 Å². The minimum atomic E-state index is -0.837. The van der Waals surface area contributed by atoms with Crippen molar-refractivity contribution < 1.29 is 24.9 Å². The summed E-state index contributed by atoms with van der Waals surface area (Å²) in [5.74, 6) is -1.09. The summed E-state index contributed by atoms with van der Waals surface area (Å²) in [6.45, 7) is 0.431. The highest BCUT2D eigenvalue weighted by Gasteiger charge is 2.37. The standard InChI is InChI=1S/C15H16ClN3O3S.C11H9ClN2O2S/c16-13-12-8-2-1-7(3-11(8)23-14(12)18-6-17-13)15(22)19-4-9(20)10(21)5-19;12-9-8-6-2-1-5(11(15)16)3-7(6)17-10(8)14-4-13-9/h6-7,9-10,20-21H,1-5H2;4-5H,1-3H2,(H,15,16)/t7-,9+,10+;5-/m00/s1. The normalized spacial score (nSPS) is 23.9. The third kappa shape index (κ3) is 5.05. The van der Waals surface area contributed by atoms with Crippen molar-refractivity contribution in [3.05, 3.63) is 43.8 Å². The minimum absolute atomic E-state index is 0.0147. The lowest BCUT2D eigenvalue weighted by atomic mass is 9.87. The van der Waals surface area contributed by atoms with E-state index in [2.05, 4.69) is 19.9 Å². The largest absolute Gasteiger partial charge is 0.481 e. The number of rotatable bonds is 2. The molecule has 1 saturated heterocycles. The summed E-state index contributed by atoms with van der Waals surface area (Å²) in [6.07, 6.45) is 5.41. The van der Waals surface area contributed by atoms with Crippen molar-refractivity contribution in [1.29, 1.82) is 0 Å². The van der Waals surface area contributed by atoms with Crippen LogP contribution in [0.1, 0.15) is 33.7 Å². The molecular formula is C26H25Cl2N5O5S2. The van der Waals surface area contributed by atoms with Crippen LogP contribution in [0.3, 0.4) is 0 Å². The number of carbonyl (C=O) groups is 2. The number of aliphatic hydroxyl groups excluding tert-OH is 2. The Bertz CT molecular complexity index is 1620. The summed E-state index contributed by atoms with van der Waals surface area (Å²) in [5.41, 5.74) is 2.31. The molecule has 3 N–H and O–H groups in total. The molecule has 5 heterocycles. The second-order valence-corrected chi connectivity index (χ2v) is 13.2. The van der Waals surface area contributed by atoms with E-state index < -0.39 is 18.2 Å². The molecule has 3 aliphatic rings. The second kappa shape index (κ2) is 11.1. The van der Waals surface area contributed by atoms with Gasteiger partial charge in [-0.15, -0.1) is 22.7 Å². The van der Waals surface area contributed by atoms with Gasteiger partial charge in [-0.3, -0.25) is 9.59 Å². The molecule has 14 heteroatoms. The van der Waals surface area contributed by atoms with Gasteiger partial charge in [-0.2, -0.15) is 0 Å². The van der Waals surface area contributed by atoms with Gasteiger partial charge >= 0.3 is 5.97 Å². The van der Waals surface area contributed by atoms with Gasteiger partial charge in [0, 0.05) is 28.8 Å². The number of aromatic nitrogens is 4. The first-order chi connectivity index (χ1) is 19.2. The zero-order valence-electron chi connectivity index (χ0n) is 21.1. The van der Waals surface area contributed by atoms with E-state index in [1.165, 1.54) is 29.6 Å². The number of nitrogens with zero attached hydrogens (tertiary/aromatic N) is 5. The molecule has 0 saturated carbocycles. The maximum absolute atomic E-state index is 12.6.